The van der Waals surface area contributed by atoms with Gasteiger partial charge in [0, 0.05) is 22.1 Å². The summed E-state index contributed by atoms with van der Waals surface area (Å²) in [6.07, 6.45) is 1.70. The Morgan fingerprint density at radius 1 is 1.14 bits per heavy atom. The van der Waals surface area contributed by atoms with E-state index in [0.29, 0.717) is 10.2 Å². The van der Waals surface area contributed by atoms with E-state index in [1.165, 1.54) is 0 Å². The summed E-state index contributed by atoms with van der Waals surface area (Å²) in [6.45, 7) is 0. The molecule has 0 saturated carbocycles. The zero-order valence-corrected chi connectivity index (χ0v) is 12.4. The maximum absolute atomic E-state index is 11.3. The fourth-order valence-electron chi connectivity index (χ4n) is 2.03. The largest absolute Gasteiger partial charge is 0.478 e. The molecule has 1 aromatic heterocycles. The van der Waals surface area contributed by atoms with E-state index in [2.05, 4.69) is 20.9 Å². The molecule has 0 amide bonds. The number of nitrogens with zero attached hydrogens (tertiary/aromatic N) is 1. The standard InChI is InChI=1S/C16H10BrNO3/c17-12-4-1-5-14(15(12)16(19)20)21-11-7-6-10-3-2-8-18-13(10)9-11/h1-9H,(H,19,20). The van der Waals surface area contributed by atoms with Crippen LogP contribution in [0.25, 0.3) is 10.9 Å². The highest BCUT2D eigenvalue weighted by Gasteiger charge is 2.15. The first kappa shape index (κ1) is 13.6. The minimum Gasteiger partial charge on any atom is -0.478 e. The number of pyridine rings is 1. The second-order valence-corrected chi connectivity index (χ2v) is 5.23. The fraction of sp³-hybridized carbons (Fsp3) is 0. The highest BCUT2D eigenvalue weighted by atomic mass is 79.9. The summed E-state index contributed by atoms with van der Waals surface area (Å²) in [5.41, 5.74) is 0.889. The van der Waals surface area contributed by atoms with Crippen molar-refractivity contribution in [2.75, 3.05) is 0 Å². The summed E-state index contributed by atoms with van der Waals surface area (Å²) in [7, 11) is 0. The van der Waals surface area contributed by atoms with Gasteiger partial charge < -0.3 is 9.84 Å². The summed E-state index contributed by atoms with van der Waals surface area (Å²) in [4.78, 5) is 15.6. The molecular formula is C16H10BrNO3. The monoisotopic (exact) mass is 343 g/mol. The first-order chi connectivity index (χ1) is 10.1. The van der Waals surface area contributed by atoms with Crippen molar-refractivity contribution < 1.29 is 14.6 Å². The number of fused-ring (bicyclic) bond motifs is 1. The van der Waals surface area contributed by atoms with Crippen molar-refractivity contribution in [1.29, 1.82) is 0 Å². The zero-order valence-electron chi connectivity index (χ0n) is 10.8. The van der Waals surface area contributed by atoms with Crippen LogP contribution in [0, 0.1) is 0 Å². The van der Waals surface area contributed by atoms with Crippen LogP contribution < -0.4 is 4.74 Å². The van der Waals surface area contributed by atoms with Crippen LogP contribution in [0.1, 0.15) is 10.4 Å². The van der Waals surface area contributed by atoms with Crippen molar-refractivity contribution in [3.05, 3.63) is 64.8 Å². The molecule has 21 heavy (non-hydrogen) atoms. The molecule has 3 rings (SSSR count). The van der Waals surface area contributed by atoms with Gasteiger partial charge in [-0.1, -0.05) is 12.1 Å². The average Bonchev–Trinajstić information content (AvgIpc) is 2.47. The number of halogens is 1. The lowest BCUT2D eigenvalue weighted by molar-refractivity contribution is 0.0693. The van der Waals surface area contributed by atoms with Gasteiger partial charge in [0.1, 0.15) is 17.1 Å². The molecule has 0 fully saturated rings. The molecule has 1 N–H and O–H groups in total. The third-order valence-corrected chi connectivity index (χ3v) is 3.66. The molecule has 0 spiro atoms. The van der Waals surface area contributed by atoms with Crippen molar-refractivity contribution >= 4 is 32.8 Å². The van der Waals surface area contributed by atoms with Gasteiger partial charge in [-0.2, -0.15) is 0 Å². The maximum Gasteiger partial charge on any atom is 0.340 e. The van der Waals surface area contributed by atoms with Crippen LogP contribution >= 0.6 is 15.9 Å². The Bertz CT molecular complexity index is 833. The fourth-order valence-corrected chi connectivity index (χ4v) is 2.55. The SMILES string of the molecule is O=C(O)c1c(Br)cccc1Oc1ccc2cccnc2c1. The van der Waals surface area contributed by atoms with Gasteiger partial charge in [0.15, 0.2) is 0 Å². The van der Waals surface area contributed by atoms with E-state index >= 15 is 0 Å². The van der Waals surface area contributed by atoms with E-state index < -0.39 is 5.97 Å². The Morgan fingerprint density at radius 2 is 2.00 bits per heavy atom. The first-order valence-corrected chi connectivity index (χ1v) is 6.99. The van der Waals surface area contributed by atoms with E-state index in [4.69, 9.17) is 4.74 Å². The van der Waals surface area contributed by atoms with Gasteiger partial charge in [0.2, 0.25) is 0 Å². The van der Waals surface area contributed by atoms with Crippen molar-refractivity contribution in [3.63, 3.8) is 0 Å². The van der Waals surface area contributed by atoms with E-state index in [0.717, 1.165) is 10.9 Å². The van der Waals surface area contributed by atoms with Crippen LogP contribution in [0.5, 0.6) is 11.5 Å². The van der Waals surface area contributed by atoms with Gasteiger partial charge in [0.05, 0.1) is 5.52 Å². The minimum absolute atomic E-state index is 0.0959. The molecule has 0 atom stereocenters. The number of ether oxygens (including phenoxy) is 1. The van der Waals surface area contributed by atoms with Crippen molar-refractivity contribution in [1.82, 2.24) is 4.98 Å². The Hall–Kier alpha value is -2.40. The predicted octanol–water partition coefficient (Wildman–Crippen LogP) is 4.49. The highest BCUT2D eigenvalue weighted by Crippen LogP contribution is 2.31. The van der Waals surface area contributed by atoms with E-state index in [1.54, 1.807) is 36.5 Å². The summed E-state index contributed by atoms with van der Waals surface area (Å²) >= 11 is 3.23. The topological polar surface area (TPSA) is 59.4 Å². The number of benzene rings is 2. The van der Waals surface area contributed by atoms with Gasteiger partial charge in [-0.3, -0.25) is 4.98 Å². The number of hydrogen-bond acceptors (Lipinski definition) is 3. The predicted molar refractivity (Wildman–Crippen MR) is 82.9 cm³/mol. The molecule has 0 radical (unpaired) electrons. The van der Waals surface area contributed by atoms with Crippen LogP contribution in [-0.2, 0) is 0 Å². The molecule has 0 aliphatic carbocycles. The van der Waals surface area contributed by atoms with E-state index in [-0.39, 0.29) is 11.3 Å². The lowest BCUT2D eigenvalue weighted by atomic mass is 10.2. The van der Waals surface area contributed by atoms with E-state index in [1.807, 2.05) is 18.2 Å². The third kappa shape index (κ3) is 2.73. The highest BCUT2D eigenvalue weighted by molar-refractivity contribution is 9.10. The molecular weight excluding hydrogens is 334 g/mol. The van der Waals surface area contributed by atoms with Crippen LogP contribution in [0.3, 0.4) is 0 Å². The molecule has 1 heterocycles. The number of carbonyl (C=O) groups is 1. The summed E-state index contributed by atoms with van der Waals surface area (Å²) < 4.78 is 6.19. The van der Waals surface area contributed by atoms with Gasteiger partial charge in [-0.05, 0) is 46.3 Å². The van der Waals surface area contributed by atoms with Crippen molar-refractivity contribution in [2.45, 2.75) is 0 Å². The molecule has 0 saturated heterocycles. The van der Waals surface area contributed by atoms with Crippen molar-refractivity contribution in [2.24, 2.45) is 0 Å². The molecule has 104 valence electrons. The molecule has 4 nitrogen and oxygen atoms in total. The number of aromatic carboxylic acids is 1. The van der Waals surface area contributed by atoms with Crippen LogP contribution in [0.2, 0.25) is 0 Å². The van der Waals surface area contributed by atoms with Crippen LogP contribution in [-0.4, -0.2) is 16.1 Å². The van der Waals surface area contributed by atoms with Gasteiger partial charge in [-0.15, -0.1) is 0 Å². The molecule has 0 unspecified atom stereocenters. The van der Waals surface area contributed by atoms with E-state index in [9.17, 15) is 9.90 Å². The van der Waals surface area contributed by atoms with Gasteiger partial charge in [-0.25, -0.2) is 4.79 Å². The van der Waals surface area contributed by atoms with Gasteiger partial charge in [0.25, 0.3) is 0 Å². The number of hydrogen-bond donors (Lipinski definition) is 1. The summed E-state index contributed by atoms with van der Waals surface area (Å²) in [5, 5.41) is 10.3. The summed E-state index contributed by atoms with van der Waals surface area (Å²) in [5.74, 6) is -0.217. The average molecular weight is 344 g/mol. The second kappa shape index (κ2) is 5.54. The Balaban J connectivity index is 2.02. The number of rotatable bonds is 3. The van der Waals surface area contributed by atoms with Gasteiger partial charge >= 0.3 is 5.97 Å². The number of aromatic nitrogens is 1. The minimum atomic E-state index is -1.05. The zero-order chi connectivity index (χ0) is 14.8. The number of carboxylic acids is 1. The number of carboxylic acid groups (broad SMARTS) is 1. The Labute approximate surface area is 129 Å². The molecule has 5 heteroatoms. The van der Waals surface area contributed by atoms with Crippen LogP contribution in [0.4, 0.5) is 0 Å². The second-order valence-electron chi connectivity index (χ2n) is 4.38. The van der Waals surface area contributed by atoms with Crippen molar-refractivity contribution in [3.8, 4) is 11.5 Å². The lowest BCUT2D eigenvalue weighted by Crippen LogP contribution is -2.01. The molecule has 2 aromatic carbocycles. The third-order valence-electron chi connectivity index (χ3n) is 2.99. The molecule has 0 aliphatic heterocycles. The lowest BCUT2D eigenvalue weighted by Gasteiger charge is -2.10. The molecule has 0 aliphatic rings. The first-order valence-electron chi connectivity index (χ1n) is 6.19. The Morgan fingerprint density at radius 3 is 2.81 bits per heavy atom. The molecule has 3 aromatic rings. The quantitative estimate of drug-likeness (QED) is 0.761. The summed E-state index contributed by atoms with van der Waals surface area (Å²) in [6, 6.07) is 14.3. The smallest absolute Gasteiger partial charge is 0.340 e. The maximum atomic E-state index is 11.3. The Kier molecular flexibility index (Phi) is 3.58. The van der Waals surface area contributed by atoms with Crippen LogP contribution in [0.15, 0.2) is 59.2 Å². The normalized spacial score (nSPS) is 10.5. The molecule has 0 bridgehead atoms.